The lowest BCUT2D eigenvalue weighted by atomic mass is 10.0. The number of carbonyl (C=O) groups excluding carboxylic acids is 1. The monoisotopic (exact) mass is 438 g/mol. The Kier molecular flexibility index (Phi) is 4.96. The molecule has 0 saturated carbocycles. The average Bonchev–Trinajstić information content (AvgIpc) is 3.17. The summed E-state index contributed by atoms with van der Waals surface area (Å²) in [6.07, 6.45) is 2.67. The minimum Gasteiger partial charge on any atom is -0.345 e. The van der Waals surface area contributed by atoms with Crippen molar-refractivity contribution in [2.75, 3.05) is 4.72 Å². The molecule has 2 heterocycles. The molecule has 0 bridgehead atoms. The number of nitrogens with one attached hydrogen (secondary N) is 2. The summed E-state index contributed by atoms with van der Waals surface area (Å²) in [6, 6.07) is 11.3. The molecule has 0 spiro atoms. The highest BCUT2D eigenvalue weighted by molar-refractivity contribution is 7.92. The lowest BCUT2D eigenvalue weighted by Gasteiger charge is -2.11. The van der Waals surface area contributed by atoms with Gasteiger partial charge in [-0.3, -0.25) is 9.52 Å². The third kappa shape index (κ3) is 3.74. The Morgan fingerprint density at radius 1 is 1.10 bits per heavy atom. The van der Waals surface area contributed by atoms with Gasteiger partial charge in [-0.2, -0.15) is 5.26 Å². The Balaban J connectivity index is 1.73. The number of hydrogen-bond acceptors (Lipinski definition) is 5. The van der Waals surface area contributed by atoms with Crippen LogP contribution in [0.15, 0.2) is 65.8 Å². The zero-order valence-corrected chi connectivity index (χ0v) is 16.4. The van der Waals surface area contributed by atoms with Crippen LogP contribution in [-0.4, -0.2) is 24.2 Å². The number of aromatic amines is 1. The molecule has 0 fully saturated rings. The molecule has 2 N–H and O–H groups in total. The maximum atomic E-state index is 15.1. The number of pyridine rings is 1. The Bertz CT molecular complexity index is 1490. The number of fused-ring (bicyclic) bond motifs is 1. The minimum absolute atomic E-state index is 0.0728. The highest BCUT2D eigenvalue weighted by Gasteiger charge is 2.23. The summed E-state index contributed by atoms with van der Waals surface area (Å²) in [4.78, 5) is 19.4. The van der Waals surface area contributed by atoms with Gasteiger partial charge >= 0.3 is 0 Å². The van der Waals surface area contributed by atoms with Crippen molar-refractivity contribution in [1.29, 1.82) is 5.26 Å². The van der Waals surface area contributed by atoms with Crippen LogP contribution >= 0.6 is 0 Å². The predicted molar refractivity (Wildman–Crippen MR) is 108 cm³/mol. The molecule has 2 aromatic heterocycles. The number of hydrogen-bond donors (Lipinski definition) is 2. The topological polar surface area (TPSA) is 116 Å². The lowest BCUT2D eigenvalue weighted by Crippen LogP contribution is -2.15. The van der Waals surface area contributed by atoms with Gasteiger partial charge in [-0.05, 0) is 36.4 Å². The summed E-state index contributed by atoms with van der Waals surface area (Å²) >= 11 is 0. The first-order chi connectivity index (χ1) is 14.8. The molecular weight excluding hydrogens is 426 g/mol. The standard InChI is InChI=1S/C21H12F2N4O3S/c22-13-3-1-4-14(8-13)31(29,30)27-18-6-2-5-15(19(18)23)20(28)17-11-26-21-16(17)7-12(9-24)10-25-21/h1-8,10-11,27H,(H,25,26). The van der Waals surface area contributed by atoms with E-state index in [2.05, 4.69) is 9.97 Å². The SMILES string of the molecule is N#Cc1cnc2[nH]cc(C(=O)c3cccc(NS(=O)(=O)c4cccc(F)c4)c3F)c2c1. The van der Waals surface area contributed by atoms with Gasteiger partial charge < -0.3 is 4.98 Å². The number of anilines is 1. The molecule has 0 atom stereocenters. The van der Waals surface area contributed by atoms with Crippen LogP contribution in [0.4, 0.5) is 14.5 Å². The number of ketones is 1. The van der Waals surface area contributed by atoms with E-state index >= 15 is 4.39 Å². The van der Waals surface area contributed by atoms with E-state index in [-0.39, 0.29) is 16.7 Å². The molecule has 4 rings (SSSR count). The van der Waals surface area contributed by atoms with E-state index in [1.165, 1.54) is 36.7 Å². The van der Waals surface area contributed by atoms with Gasteiger partial charge in [-0.25, -0.2) is 22.2 Å². The number of sulfonamides is 1. The van der Waals surface area contributed by atoms with E-state index in [0.717, 1.165) is 24.3 Å². The summed E-state index contributed by atoms with van der Waals surface area (Å²) in [7, 11) is -4.29. The van der Waals surface area contributed by atoms with Crippen LogP contribution < -0.4 is 4.72 Å². The first-order valence-corrected chi connectivity index (χ1v) is 10.3. The number of rotatable bonds is 5. The Morgan fingerprint density at radius 2 is 1.87 bits per heavy atom. The van der Waals surface area contributed by atoms with Gasteiger partial charge in [0.1, 0.15) is 17.5 Å². The number of halogens is 2. The van der Waals surface area contributed by atoms with Crippen LogP contribution in [0, 0.1) is 23.0 Å². The van der Waals surface area contributed by atoms with E-state index in [1.54, 1.807) is 0 Å². The summed E-state index contributed by atoms with van der Waals surface area (Å²) < 4.78 is 55.5. The van der Waals surface area contributed by atoms with Gasteiger partial charge in [0.15, 0.2) is 11.6 Å². The van der Waals surface area contributed by atoms with Crippen molar-refractivity contribution in [1.82, 2.24) is 9.97 Å². The van der Waals surface area contributed by atoms with Crippen LogP contribution in [0.25, 0.3) is 11.0 Å². The van der Waals surface area contributed by atoms with E-state index in [9.17, 15) is 17.6 Å². The van der Waals surface area contributed by atoms with Crippen molar-refractivity contribution in [3.63, 3.8) is 0 Å². The van der Waals surface area contributed by atoms with Gasteiger partial charge in [0.05, 0.1) is 21.7 Å². The molecule has 0 aliphatic rings. The zero-order chi connectivity index (χ0) is 22.2. The third-order valence-electron chi connectivity index (χ3n) is 4.50. The second-order valence-corrected chi connectivity index (χ2v) is 8.18. The molecule has 0 amide bonds. The quantitative estimate of drug-likeness (QED) is 0.461. The number of nitrogens with zero attached hydrogens (tertiary/aromatic N) is 2. The molecule has 0 saturated heterocycles. The highest BCUT2D eigenvalue weighted by atomic mass is 32.2. The Morgan fingerprint density at radius 3 is 2.61 bits per heavy atom. The van der Waals surface area contributed by atoms with Crippen LogP contribution in [0.5, 0.6) is 0 Å². The molecule has 154 valence electrons. The van der Waals surface area contributed by atoms with Crippen molar-refractivity contribution in [2.45, 2.75) is 4.90 Å². The van der Waals surface area contributed by atoms with Crippen LogP contribution in [0.1, 0.15) is 21.5 Å². The predicted octanol–water partition coefficient (Wildman–Crippen LogP) is 3.74. The molecule has 4 aromatic rings. The fourth-order valence-electron chi connectivity index (χ4n) is 3.02. The summed E-state index contributed by atoms with van der Waals surface area (Å²) in [5.74, 6) is -2.59. The summed E-state index contributed by atoms with van der Waals surface area (Å²) in [6.45, 7) is 0. The third-order valence-corrected chi connectivity index (χ3v) is 5.86. The van der Waals surface area contributed by atoms with Gasteiger partial charge in [-0.1, -0.05) is 12.1 Å². The molecule has 0 radical (unpaired) electrons. The number of H-pyrrole nitrogens is 1. The number of aromatic nitrogens is 2. The molecule has 0 unspecified atom stereocenters. The van der Waals surface area contributed by atoms with Gasteiger partial charge in [0.25, 0.3) is 10.0 Å². The van der Waals surface area contributed by atoms with Crippen LogP contribution in [-0.2, 0) is 10.0 Å². The fraction of sp³-hybridized carbons (Fsp3) is 0. The molecule has 0 aliphatic heterocycles. The lowest BCUT2D eigenvalue weighted by molar-refractivity contribution is 0.103. The Labute approximate surface area is 175 Å². The number of benzene rings is 2. The van der Waals surface area contributed by atoms with Crippen LogP contribution in [0.3, 0.4) is 0 Å². The van der Waals surface area contributed by atoms with Gasteiger partial charge in [0, 0.05) is 23.3 Å². The maximum absolute atomic E-state index is 15.1. The molecule has 2 aromatic carbocycles. The summed E-state index contributed by atoms with van der Waals surface area (Å²) in [5.41, 5.74) is -0.221. The maximum Gasteiger partial charge on any atom is 0.262 e. The molecule has 31 heavy (non-hydrogen) atoms. The normalized spacial score (nSPS) is 11.3. The van der Waals surface area contributed by atoms with Crippen molar-refractivity contribution in [3.05, 3.63) is 89.2 Å². The minimum atomic E-state index is -4.29. The van der Waals surface area contributed by atoms with E-state index < -0.39 is 38.0 Å². The van der Waals surface area contributed by atoms with Crippen molar-refractivity contribution in [3.8, 4) is 6.07 Å². The largest absolute Gasteiger partial charge is 0.345 e. The Hall–Kier alpha value is -4.10. The van der Waals surface area contributed by atoms with Gasteiger partial charge in [0.2, 0.25) is 0 Å². The van der Waals surface area contributed by atoms with E-state index in [4.69, 9.17) is 5.26 Å². The van der Waals surface area contributed by atoms with Gasteiger partial charge in [-0.15, -0.1) is 0 Å². The van der Waals surface area contributed by atoms with E-state index in [1.807, 2.05) is 10.8 Å². The molecule has 10 heteroatoms. The average molecular weight is 438 g/mol. The molecule has 0 aliphatic carbocycles. The fourth-order valence-corrected chi connectivity index (χ4v) is 4.11. The highest BCUT2D eigenvalue weighted by Crippen LogP contribution is 2.26. The van der Waals surface area contributed by atoms with Crippen molar-refractivity contribution < 1.29 is 22.0 Å². The first-order valence-electron chi connectivity index (χ1n) is 8.79. The second-order valence-electron chi connectivity index (χ2n) is 6.49. The first kappa shape index (κ1) is 20.2. The second kappa shape index (κ2) is 7.62. The smallest absolute Gasteiger partial charge is 0.262 e. The molecule has 7 nitrogen and oxygen atoms in total. The number of nitriles is 1. The summed E-state index contributed by atoms with van der Waals surface area (Å²) in [5, 5.41) is 9.38. The van der Waals surface area contributed by atoms with E-state index in [0.29, 0.717) is 11.0 Å². The van der Waals surface area contributed by atoms with Crippen LogP contribution in [0.2, 0.25) is 0 Å². The zero-order valence-electron chi connectivity index (χ0n) is 15.6. The molecular formula is C21H12F2N4O3S. The van der Waals surface area contributed by atoms with Crippen molar-refractivity contribution >= 4 is 32.5 Å². The number of carbonyl (C=O) groups is 1. The van der Waals surface area contributed by atoms with Crippen molar-refractivity contribution in [2.24, 2.45) is 0 Å².